The highest BCUT2D eigenvalue weighted by Gasteiger charge is 2.41. The van der Waals surface area contributed by atoms with Crippen LogP contribution in [0.15, 0.2) is 24.8 Å². The van der Waals surface area contributed by atoms with E-state index in [1.807, 2.05) is 27.2 Å². The van der Waals surface area contributed by atoms with Gasteiger partial charge in [0, 0.05) is 6.42 Å². The summed E-state index contributed by atoms with van der Waals surface area (Å²) in [6, 6.07) is 0. The van der Waals surface area contributed by atoms with Gasteiger partial charge in [-0.1, -0.05) is 89.4 Å². The average molecular weight is 501 g/mol. The van der Waals surface area contributed by atoms with E-state index in [4.69, 9.17) is 4.52 Å². The zero-order valence-corrected chi connectivity index (χ0v) is 24.2. The second-order valence-corrected chi connectivity index (χ2v) is 12.8. The maximum Gasteiger partial charge on any atom is 0.385 e. The van der Waals surface area contributed by atoms with Crippen molar-refractivity contribution < 1.29 is 18.5 Å². The third kappa shape index (κ3) is 19.8. The van der Waals surface area contributed by atoms with Crippen LogP contribution in [0, 0.1) is 0 Å². The Labute approximate surface area is 213 Å². The molecule has 2 unspecified atom stereocenters. The zero-order valence-electron chi connectivity index (χ0n) is 23.3. The standard InChI is InChI=1S/C29H58NO3P/c1-6-8-9-10-11-12-13-14-15-16-17-18-19-20-21-22-23-24-25-26-28-33-34(31,32)29(27-7-2)30(3,4)5/h6,16-17,29H,1,7-15,18-28H2,2-5H3/p+1. The molecule has 0 aromatic rings. The lowest BCUT2D eigenvalue weighted by atomic mass is 10.1. The Morgan fingerprint density at radius 3 is 1.59 bits per heavy atom. The molecule has 0 spiro atoms. The van der Waals surface area contributed by atoms with E-state index < -0.39 is 7.60 Å². The Balaban J connectivity index is 3.50. The van der Waals surface area contributed by atoms with Crippen LogP contribution in [0.4, 0.5) is 0 Å². The number of hydrogen-bond donors (Lipinski definition) is 1. The van der Waals surface area contributed by atoms with Gasteiger partial charge in [-0.05, 0) is 51.4 Å². The SMILES string of the molecule is C=CCCCCCCCCC=CCCCCCCCCCCOP(=O)(O)C(CCC)[N+](C)(C)C. The van der Waals surface area contributed by atoms with Crippen molar-refractivity contribution in [2.45, 2.75) is 135 Å². The number of nitrogens with zero attached hydrogens (tertiary/aromatic N) is 1. The lowest BCUT2D eigenvalue weighted by Gasteiger charge is -2.35. The fourth-order valence-electron chi connectivity index (χ4n) is 4.45. The van der Waals surface area contributed by atoms with Crippen molar-refractivity contribution in [1.29, 1.82) is 0 Å². The number of quaternary nitrogens is 1. The molecule has 2 atom stereocenters. The third-order valence-corrected chi connectivity index (χ3v) is 8.81. The topological polar surface area (TPSA) is 46.5 Å². The Morgan fingerprint density at radius 2 is 1.18 bits per heavy atom. The van der Waals surface area contributed by atoms with Gasteiger partial charge < -0.3 is 13.9 Å². The quantitative estimate of drug-likeness (QED) is 0.0587. The van der Waals surface area contributed by atoms with Gasteiger partial charge >= 0.3 is 7.60 Å². The largest absolute Gasteiger partial charge is 0.385 e. The van der Waals surface area contributed by atoms with Gasteiger partial charge in [-0.15, -0.1) is 6.58 Å². The summed E-state index contributed by atoms with van der Waals surface area (Å²) in [6.45, 7) is 6.22. The van der Waals surface area contributed by atoms with E-state index in [2.05, 4.69) is 25.7 Å². The predicted molar refractivity (Wildman–Crippen MR) is 150 cm³/mol. The third-order valence-electron chi connectivity index (χ3n) is 6.55. The Bertz CT molecular complexity index is 542. The summed E-state index contributed by atoms with van der Waals surface area (Å²) < 4.78 is 18.6. The van der Waals surface area contributed by atoms with Gasteiger partial charge in [0.05, 0.1) is 27.7 Å². The summed E-state index contributed by atoms with van der Waals surface area (Å²) in [6.07, 6.45) is 29.9. The van der Waals surface area contributed by atoms with Crippen molar-refractivity contribution in [2.24, 2.45) is 0 Å². The highest BCUT2D eigenvalue weighted by molar-refractivity contribution is 7.53. The second kappa shape index (κ2) is 21.8. The summed E-state index contributed by atoms with van der Waals surface area (Å²) in [4.78, 5) is 10.4. The van der Waals surface area contributed by atoms with Gasteiger partial charge in [0.15, 0.2) is 5.78 Å². The first-order chi connectivity index (χ1) is 16.3. The molecule has 1 N–H and O–H groups in total. The Morgan fingerprint density at radius 1 is 0.765 bits per heavy atom. The van der Waals surface area contributed by atoms with Crippen molar-refractivity contribution >= 4 is 7.60 Å². The van der Waals surface area contributed by atoms with Gasteiger partial charge in [0.25, 0.3) is 0 Å². The molecule has 5 heteroatoms. The first-order valence-electron chi connectivity index (χ1n) is 14.3. The Hall–Kier alpha value is -0.410. The van der Waals surface area contributed by atoms with Crippen molar-refractivity contribution in [3.63, 3.8) is 0 Å². The molecule has 0 radical (unpaired) electrons. The van der Waals surface area contributed by atoms with Gasteiger partial charge in [-0.25, -0.2) is 0 Å². The molecule has 0 aliphatic heterocycles. The van der Waals surface area contributed by atoms with Crippen LogP contribution in [-0.2, 0) is 9.09 Å². The van der Waals surface area contributed by atoms with Crippen LogP contribution in [0.25, 0.3) is 0 Å². The van der Waals surface area contributed by atoms with E-state index >= 15 is 0 Å². The fourth-order valence-corrected chi connectivity index (χ4v) is 6.47. The van der Waals surface area contributed by atoms with E-state index in [9.17, 15) is 9.46 Å². The number of rotatable bonds is 25. The van der Waals surface area contributed by atoms with Crippen LogP contribution in [-0.4, -0.2) is 42.9 Å². The molecule has 0 aromatic carbocycles. The van der Waals surface area contributed by atoms with Gasteiger partial charge in [0.1, 0.15) is 0 Å². The number of unbranched alkanes of at least 4 members (excludes halogenated alkanes) is 15. The van der Waals surface area contributed by atoms with Crippen molar-refractivity contribution in [3.8, 4) is 0 Å². The summed E-state index contributed by atoms with van der Waals surface area (Å²) >= 11 is 0. The normalized spacial score (nSPS) is 15.0. The molecule has 0 heterocycles. The molecule has 0 fully saturated rings. The van der Waals surface area contributed by atoms with Crippen LogP contribution in [0.5, 0.6) is 0 Å². The molecule has 0 bridgehead atoms. The number of hydrogen-bond acceptors (Lipinski definition) is 2. The average Bonchev–Trinajstić information content (AvgIpc) is 2.77. The smallest absolute Gasteiger partial charge is 0.320 e. The van der Waals surface area contributed by atoms with Crippen LogP contribution < -0.4 is 0 Å². The maximum absolute atomic E-state index is 12.7. The second-order valence-electron chi connectivity index (χ2n) is 10.9. The minimum absolute atomic E-state index is 0.338. The molecule has 34 heavy (non-hydrogen) atoms. The summed E-state index contributed by atoms with van der Waals surface area (Å²) in [5, 5.41) is 0. The van der Waals surface area contributed by atoms with Crippen molar-refractivity contribution in [2.75, 3.05) is 27.7 Å². The van der Waals surface area contributed by atoms with Crippen molar-refractivity contribution in [3.05, 3.63) is 24.8 Å². The fraction of sp³-hybridized carbons (Fsp3) is 0.862. The number of allylic oxidation sites excluding steroid dienone is 3. The van der Waals surface area contributed by atoms with Crippen LogP contribution >= 0.6 is 7.60 Å². The minimum atomic E-state index is -3.57. The first-order valence-corrected chi connectivity index (χ1v) is 15.9. The lowest BCUT2D eigenvalue weighted by Crippen LogP contribution is -2.45. The van der Waals surface area contributed by atoms with E-state index in [1.165, 1.54) is 96.3 Å². The minimum Gasteiger partial charge on any atom is -0.320 e. The van der Waals surface area contributed by atoms with Crippen LogP contribution in [0.3, 0.4) is 0 Å². The molecule has 0 aliphatic carbocycles. The van der Waals surface area contributed by atoms with Crippen LogP contribution in [0.1, 0.15) is 129 Å². The molecule has 0 amide bonds. The van der Waals surface area contributed by atoms with E-state index in [-0.39, 0.29) is 5.78 Å². The zero-order chi connectivity index (χ0) is 25.5. The van der Waals surface area contributed by atoms with E-state index in [0.29, 0.717) is 17.5 Å². The molecule has 202 valence electrons. The molecule has 4 nitrogen and oxygen atoms in total. The molecule has 0 rings (SSSR count). The molecular weight excluding hydrogens is 441 g/mol. The first kappa shape index (κ1) is 33.6. The highest BCUT2D eigenvalue weighted by Crippen LogP contribution is 2.51. The van der Waals surface area contributed by atoms with Crippen molar-refractivity contribution in [1.82, 2.24) is 0 Å². The predicted octanol–water partition coefficient (Wildman–Crippen LogP) is 9.39. The van der Waals surface area contributed by atoms with E-state index in [1.54, 1.807) is 0 Å². The van der Waals surface area contributed by atoms with E-state index in [0.717, 1.165) is 19.3 Å². The summed E-state index contributed by atoms with van der Waals surface area (Å²) in [5.41, 5.74) is 0. The Kier molecular flexibility index (Phi) is 21.6. The molecular formula is C29H59NO3P+. The molecule has 0 aliphatic rings. The summed E-state index contributed by atoms with van der Waals surface area (Å²) in [5.74, 6) is -0.338. The molecule has 0 saturated heterocycles. The molecule has 0 aromatic heterocycles. The van der Waals surface area contributed by atoms with Gasteiger partial charge in [-0.3, -0.25) is 4.57 Å². The maximum atomic E-state index is 12.7. The summed E-state index contributed by atoms with van der Waals surface area (Å²) in [7, 11) is 2.34. The van der Waals surface area contributed by atoms with Crippen LogP contribution in [0.2, 0.25) is 0 Å². The van der Waals surface area contributed by atoms with Gasteiger partial charge in [-0.2, -0.15) is 0 Å². The monoisotopic (exact) mass is 500 g/mol. The molecule has 0 saturated carbocycles. The lowest BCUT2D eigenvalue weighted by molar-refractivity contribution is -0.883. The highest BCUT2D eigenvalue weighted by atomic mass is 31.2. The van der Waals surface area contributed by atoms with Gasteiger partial charge in [0.2, 0.25) is 0 Å².